The topological polar surface area (TPSA) is 66.7 Å². The molecule has 1 aliphatic rings. The fourth-order valence-corrected chi connectivity index (χ4v) is 4.51. The highest BCUT2D eigenvalue weighted by Crippen LogP contribution is 2.18. The van der Waals surface area contributed by atoms with Crippen LogP contribution in [0.1, 0.15) is 22.6 Å². The highest BCUT2D eigenvalue weighted by Gasteiger charge is 2.27. The fraction of sp³-hybridized carbons (Fsp3) is 0.471. The maximum absolute atomic E-state index is 12.6. The Bertz CT molecular complexity index is 759. The summed E-state index contributed by atoms with van der Waals surface area (Å²) < 4.78 is 31.9. The highest BCUT2D eigenvalue weighted by atomic mass is 32.2. The van der Waals surface area contributed by atoms with Crippen LogP contribution >= 0.6 is 0 Å². The molecule has 2 heterocycles. The third-order valence-corrected chi connectivity index (χ3v) is 6.33. The monoisotopic (exact) mass is 349 g/mol. The molecule has 24 heavy (non-hydrogen) atoms. The lowest BCUT2D eigenvalue weighted by atomic mass is 10.2. The van der Waals surface area contributed by atoms with Gasteiger partial charge in [-0.15, -0.1) is 0 Å². The molecule has 130 valence electrons. The molecule has 1 fully saturated rings. The van der Waals surface area contributed by atoms with Crippen molar-refractivity contribution in [3.63, 3.8) is 0 Å². The first kappa shape index (κ1) is 17.1. The average Bonchev–Trinajstić information content (AvgIpc) is 2.88. The summed E-state index contributed by atoms with van der Waals surface area (Å²) in [5, 5.41) is 3.97. The molecule has 1 saturated heterocycles. The normalized spacial score (nSPS) is 17.2. The number of nitrogens with zero attached hydrogens (tertiary/aromatic N) is 3. The van der Waals surface area contributed by atoms with Crippen LogP contribution < -0.4 is 0 Å². The minimum Gasteiger partial charge on any atom is -0.361 e. The number of hydrogen-bond donors (Lipinski definition) is 0. The maximum Gasteiger partial charge on any atom is 0.218 e. The summed E-state index contributed by atoms with van der Waals surface area (Å²) in [6, 6.07) is 9.33. The SMILES string of the molecule is Cc1noc(C)c1CN1CCN(S(=O)(=O)Cc2ccccc2)CC1. The standard InChI is InChI=1S/C17H23N3O3S/c1-14-17(15(2)23-18-14)12-19-8-10-20(11-9-19)24(21,22)13-16-6-4-3-5-7-16/h3-7H,8-13H2,1-2H3. The molecule has 0 aliphatic carbocycles. The number of piperazine rings is 1. The Morgan fingerprint density at radius 1 is 1.08 bits per heavy atom. The lowest BCUT2D eigenvalue weighted by molar-refractivity contribution is 0.180. The Balaban J connectivity index is 1.58. The van der Waals surface area contributed by atoms with E-state index in [2.05, 4.69) is 10.1 Å². The van der Waals surface area contributed by atoms with E-state index in [1.165, 1.54) is 0 Å². The second-order valence-corrected chi connectivity index (χ2v) is 8.19. The van der Waals surface area contributed by atoms with Gasteiger partial charge in [0.2, 0.25) is 10.0 Å². The van der Waals surface area contributed by atoms with Crippen LogP contribution in [0, 0.1) is 13.8 Å². The van der Waals surface area contributed by atoms with Gasteiger partial charge in [0, 0.05) is 38.3 Å². The fourth-order valence-electron chi connectivity index (χ4n) is 2.99. The number of aryl methyl sites for hydroxylation is 2. The second-order valence-electron chi connectivity index (χ2n) is 6.22. The number of aromatic nitrogens is 1. The van der Waals surface area contributed by atoms with Crippen LogP contribution in [-0.2, 0) is 22.3 Å². The van der Waals surface area contributed by atoms with E-state index in [-0.39, 0.29) is 5.75 Å². The molecule has 1 aromatic heterocycles. The molecule has 6 nitrogen and oxygen atoms in total. The van der Waals surface area contributed by atoms with E-state index in [9.17, 15) is 8.42 Å². The summed E-state index contributed by atoms with van der Waals surface area (Å²) in [7, 11) is -3.26. The molecule has 1 aromatic carbocycles. The van der Waals surface area contributed by atoms with Gasteiger partial charge in [0.05, 0.1) is 11.4 Å². The average molecular weight is 349 g/mol. The molecule has 0 atom stereocenters. The first-order chi connectivity index (χ1) is 11.5. The minimum atomic E-state index is -3.26. The van der Waals surface area contributed by atoms with Gasteiger partial charge in [0.15, 0.2) is 0 Å². The van der Waals surface area contributed by atoms with E-state index < -0.39 is 10.0 Å². The first-order valence-corrected chi connectivity index (χ1v) is 9.72. The summed E-state index contributed by atoms with van der Waals surface area (Å²) >= 11 is 0. The molecule has 0 unspecified atom stereocenters. The highest BCUT2D eigenvalue weighted by molar-refractivity contribution is 7.88. The molecule has 3 rings (SSSR count). The van der Waals surface area contributed by atoms with Gasteiger partial charge in [-0.3, -0.25) is 4.90 Å². The van der Waals surface area contributed by atoms with Gasteiger partial charge >= 0.3 is 0 Å². The predicted molar refractivity (Wildman–Crippen MR) is 91.9 cm³/mol. The van der Waals surface area contributed by atoms with E-state index in [1.807, 2.05) is 44.2 Å². The lowest BCUT2D eigenvalue weighted by Crippen LogP contribution is -2.48. The van der Waals surface area contributed by atoms with Crippen LogP contribution in [0.5, 0.6) is 0 Å². The van der Waals surface area contributed by atoms with Crippen LogP contribution in [0.25, 0.3) is 0 Å². The van der Waals surface area contributed by atoms with Crippen molar-refractivity contribution in [2.45, 2.75) is 26.1 Å². The van der Waals surface area contributed by atoms with Crippen molar-refractivity contribution in [3.8, 4) is 0 Å². The molecule has 0 bridgehead atoms. The third-order valence-electron chi connectivity index (χ3n) is 4.48. The zero-order valence-electron chi connectivity index (χ0n) is 14.1. The lowest BCUT2D eigenvalue weighted by Gasteiger charge is -2.33. The summed E-state index contributed by atoms with van der Waals surface area (Å²) in [4.78, 5) is 2.25. The maximum atomic E-state index is 12.6. The van der Waals surface area contributed by atoms with Crippen LogP contribution in [0.4, 0.5) is 0 Å². The van der Waals surface area contributed by atoms with Crippen molar-refractivity contribution >= 4 is 10.0 Å². The molecule has 7 heteroatoms. The number of benzene rings is 1. The molecular weight excluding hydrogens is 326 g/mol. The Labute approximate surface area is 143 Å². The van der Waals surface area contributed by atoms with Crippen LogP contribution in [0.2, 0.25) is 0 Å². The molecule has 0 amide bonds. The summed E-state index contributed by atoms with van der Waals surface area (Å²) in [5.41, 5.74) is 2.85. The van der Waals surface area contributed by atoms with Crippen molar-refractivity contribution in [1.82, 2.24) is 14.4 Å². The number of sulfonamides is 1. The van der Waals surface area contributed by atoms with Crippen molar-refractivity contribution in [2.75, 3.05) is 26.2 Å². The van der Waals surface area contributed by atoms with Gasteiger partial charge in [0.1, 0.15) is 5.76 Å². The zero-order chi connectivity index (χ0) is 17.2. The van der Waals surface area contributed by atoms with Gasteiger partial charge in [-0.1, -0.05) is 35.5 Å². The third kappa shape index (κ3) is 3.85. The molecule has 0 spiro atoms. The van der Waals surface area contributed by atoms with Gasteiger partial charge in [-0.2, -0.15) is 4.31 Å². The van der Waals surface area contributed by atoms with Crippen LogP contribution in [0.3, 0.4) is 0 Å². The first-order valence-electron chi connectivity index (χ1n) is 8.11. The van der Waals surface area contributed by atoms with E-state index in [4.69, 9.17) is 4.52 Å². The number of rotatable bonds is 5. The molecule has 0 saturated carbocycles. The van der Waals surface area contributed by atoms with Crippen molar-refractivity contribution in [3.05, 3.63) is 52.9 Å². The van der Waals surface area contributed by atoms with Gasteiger partial charge in [-0.25, -0.2) is 8.42 Å². The second kappa shape index (κ2) is 7.04. The van der Waals surface area contributed by atoms with Gasteiger partial charge in [-0.05, 0) is 19.4 Å². The Kier molecular flexibility index (Phi) is 5.03. The van der Waals surface area contributed by atoms with Gasteiger partial charge < -0.3 is 4.52 Å². The summed E-state index contributed by atoms with van der Waals surface area (Å²) in [6.45, 7) is 7.10. The van der Waals surface area contributed by atoms with E-state index in [0.29, 0.717) is 13.1 Å². The molecule has 0 radical (unpaired) electrons. The number of hydrogen-bond acceptors (Lipinski definition) is 5. The quantitative estimate of drug-likeness (QED) is 0.825. The van der Waals surface area contributed by atoms with E-state index >= 15 is 0 Å². The molecule has 1 aliphatic heterocycles. The summed E-state index contributed by atoms with van der Waals surface area (Å²) in [5.74, 6) is 0.907. The molecule has 2 aromatic rings. The minimum absolute atomic E-state index is 0.0672. The Morgan fingerprint density at radius 2 is 1.75 bits per heavy atom. The molecule has 0 N–H and O–H groups in total. The van der Waals surface area contributed by atoms with E-state index in [0.717, 1.165) is 42.2 Å². The van der Waals surface area contributed by atoms with Crippen molar-refractivity contribution in [2.24, 2.45) is 0 Å². The largest absolute Gasteiger partial charge is 0.361 e. The Hall–Kier alpha value is -1.70. The zero-order valence-corrected chi connectivity index (χ0v) is 14.9. The van der Waals surface area contributed by atoms with E-state index in [1.54, 1.807) is 4.31 Å². The smallest absolute Gasteiger partial charge is 0.218 e. The Morgan fingerprint density at radius 3 is 2.33 bits per heavy atom. The van der Waals surface area contributed by atoms with Crippen molar-refractivity contribution < 1.29 is 12.9 Å². The van der Waals surface area contributed by atoms with Gasteiger partial charge in [0.25, 0.3) is 0 Å². The molecular formula is C17H23N3O3S. The predicted octanol–water partition coefficient (Wildman–Crippen LogP) is 1.94. The van der Waals surface area contributed by atoms with Crippen molar-refractivity contribution in [1.29, 1.82) is 0 Å². The van der Waals surface area contributed by atoms with Crippen LogP contribution in [-0.4, -0.2) is 49.0 Å². The summed E-state index contributed by atoms with van der Waals surface area (Å²) in [6.07, 6.45) is 0. The van der Waals surface area contributed by atoms with Crippen LogP contribution in [0.15, 0.2) is 34.9 Å².